The van der Waals surface area contributed by atoms with Crippen LogP contribution in [-0.2, 0) is 37.3 Å². The first-order valence-electron chi connectivity index (χ1n) is 47.0. The van der Waals surface area contributed by atoms with Gasteiger partial charge in [-0.1, -0.05) is 213 Å². The van der Waals surface area contributed by atoms with Crippen molar-refractivity contribution in [3.05, 3.63) is 392 Å². The number of benzene rings is 17. The second-order valence-corrected chi connectivity index (χ2v) is 35.5. The summed E-state index contributed by atoms with van der Waals surface area (Å²) in [5.74, 6) is 2.96. The van der Waals surface area contributed by atoms with Crippen LogP contribution in [0.4, 0.5) is 21.5 Å². The molecule has 3 aliphatic rings. The minimum absolute atomic E-state index is 0.0589. The number of H-pyrrole nitrogens is 5. The molecule has 26 rings (SSSR count). The lowest BCUT2D eigenvalue weighted by Gasteiger charge is -2.36. The van der Waals surface area contributed by atoms with Gasteiger partial charge in [0.2, 0.25) is 5.91 Å². The lowest BCUT2D eigenvalue weighted by atomic mass is 10.0. The molecule has 1 amide bonds. The van der Waals surface area contributed by atoms with Crippen LogP contribution in [0, 0.1) is 11.7 Å². The first-order valence-corrected chi connectivity index (χ1v) is 47.0. The molecule has 0 spiro atoms. The van der Waals surface area contributed by atoms with E-state index in [1.165, 1.54) is 105 Å². The van der Waals surface area contributed by atoms with Gasteiger partial charge in [0.05, 0.1) is 70.3 Å². The summed E-state index contributed by atoms with van der Waals surface area (Å²) in [7, 11) is 3.40. The van der Waals surface area contributed by atoms with E-state index in [9.17, 15) is 9.18 Å². The van der Waals surface area contributed by atoms with Gasteiger partial charge in [0, 0.05) is 124 Å². The highest BCUT2D eigenvalue weighted by Crippen LogP contribution is 2.40. The zero-order chi connectivity index (χ0) is 92.9. The van der Waals surface area contributed by atoms with Gasteiger partial charge in [-0.3, -0.25) is 35.2 Å². The molecule has 138 heavy (non-hydrogen) atoms. The smallest absolute Gasteiger partial charge is 0.227 e. The minimum Gasteiger partial charge on any atom is -0.497 e. The molecule has 678 valence electrons. The first-order chi connectivity index (χ1) is 67.9. The summed E-state index contributed by atoms with van der Waals surface area (Å²) in [5.41, 5.74) is 24.7. The van der Waals surface area contributed by atoms with Crippen LogP contribution < -0.4 is 29.3 Å². The van der Waals surface area contributed by atoms with Crippen molar-refractivity contribution in [2.24, 2.45) is 5.92 Å². The number of piperazine rings is 1. The van der Waals surface area contributed by atoms with Crippen molar-refractivity contribution in [2.75, 3.05) is 62.1 Å². The number of nitrogens with zero attached hydrogens (tertiary/aromatic N) is 8. The Labute approximate surface area is 795 Å². The Morgan fingerprint density at radius 1 is 0.384 bits per heavy atom. The first kappa shape index (κ1) is 86.4. The Hall–Kier alpha value is -17.0. The second kappa shape index (κ2) is 38.6. The molecule has 0 unspecified atom stereocenters. The van der Waals surface area contributed by atoms with Crippen LogP contribution in [0.5, 0.6) is 17.2 Å². The number of hydrogen-bond donors (Lipinski definition) is 6. The van der Waals surface area contributed by atoms with Gasteiger partial charge in [0.15, 0.2) is 5.76 Å². The van der Waals surface area contributed by atoms with Crippen LogP contribution in [0.1, 0.15) is 47.6 Å². The maximum absolute atomic E-state index is 13.4. The maximum Gasteiger partial charge on any atom is 0.227 e. The van der Waals surface area contributed by atoms with Crippen molar-refractivity contribution in [3.63, 3.8) is 0 Å². The Balaban J connectivity index is 0.000000100. The molecule has 2 aliphatic heterocycles. The van der Waals surface area contributed by atoms with Gasteiger partial charge >= 0.3 is 0 Å². The van der Waals surface area contributed by atoms with E-state index in [2.05, 4.69) is 357 Å². The molecule has 20 heteroatoms. The normalized spacial score (nSPS) is 13.0. The largest absolute Gasteiger partial charge is 0.497 e. The number of furan rings is 1. The Morgan fingerprint density at radius 2 is 0.833 bits per heavy atom. The van der Waals surface area contributed by atoms with Gasteiger partial charge in [0.25, 0.3) is 0 Å². The molecule has 1 saturated carbocycles. The van der Waals surface area contributed by atoms with Crippen LogP contribution >= 0.6 is 0 Å². The van der Waals surface area contributed by atoms with Crippen LogP contribution in [0.15, 0.2) is 362 Å². The molecular weight excluding hydrogens is 1710 g/mol. The van der Waals surface area contributed by atoms with Crippen molar-refractivity contribution in [1.82, 2.24) is 55.9 Å². The topological polar surface area (TPSA) is 223 Å². The van der Waals surface area contributed by atoms with Gasteiger partial charge in [-0.05, 0) is 242 Å². The minimum atomic E-state index is -0.309. The number of carbonyl (C=O) groups excluding carboxylic acids is 1. The van der Waals surface area contributed by atoms with Crippen molar-refractivity contribution < 1.29 is 27.8 Å². The number of aromatic nitrogens is 10. The van der Waals surface area contributed by atoms with Gasteiger partial charge in [-0.15, -0.1) is 0 Å². The number of aryl methyl sites for hydroxylation is 1. The fraction of sp³-hybridized carbons (Fsp3) is 0.136. The lowest BCUT2D eigenvalue weighted by Crippen LogP contribution is -2.46. The number of anilines is 3. The molecule has 6 aromatic heterocycles. The number of para-hydroxylation sites is 3. The molecule has 6 N–H and O–H groups in total. The molecule has 0 radical (unpaired) electrons. The summed E-state index contributed by atoms with van der Waals surface area (Å²) in [4.78, 5) is 19.4. The van der Waals surface area contributed by atoms with E-state index in [1.54, 1.807) is 26.4 Å². The van der Waals surface area contributed by atoms with E-state index in [0.29, 0.717) is 29.0 Å². The van der Waals surface area contributed by atoms with Crippen molar-refractivity contribution in [1.29, 1.82) is 0 Å². The zero-order valence-corrected chi connectivity index (χ0v) is 76.6. The standard InChI is InChI=1S/C29H28N4O.C26H21N3.C25H20N2O2.C19H14FN3O2.C19H16N2/c1-34-28-9-5-4-8-27(28)33-16-14-32(15-17-33)20-21-10-13-26-25(18-21)29(31-30-26)24-12-11-22-6-2-3-7-23(22)19-24;1-2-7-21-16-22(11-10-19(21)5-1)26-23-15-18(9-12-24(23)27-28-26)17-29-14-13-20-6-3-4-8-25(20)29;1-28-21-7-4-8-22(15-21)29-16-17-9-12-24-23(13-17)25(27-26-24)20-11-10-18-5-2-3-6-19(18)14-20;20-12-3-6-16-11(7-12)8-17(25-16)18-14-9-13(4-5-15(14)22-23-18)21-19(24)10-1-2-10;1-2-13-7-10-18-17(11-13)19(21-20-18)16-9-8-14-5-3-4-6-15(14)12-16/h2-13,18-19H,14-17,20H2,1H3,(H,30,31);1-12,15-16H,13-14,17H2,(H,27,28);2-15H,16H2,1H3,(H,26,27);3-10H,1-2H2,(H,21,24)(H,22,23);3-12H,2H2,1H3,(H,20,21). The summed E-state index contributed by atoms with van der Waals surface area (Å²) >= 11 is 0. The van der Waals surface area contributed by atoms with E-state index >= 15 is 0 Å². The number of fused-ring (bicyclic) bond motifs is 11. The summed E-state index contributed by atoms with van der Waals surface area (Å²) in [5, 5.41) is 57.4. The number of carbonyl (C=O) groups is 1. The number of methoxy groups -OCH3 is 2. The molecule has 0 atom stereocenters. The van der Waals surface area contributed by atoms with Gasteiger partial charge in [-0.25, -0.2) is 4.39 Å². The van der Waals surface area contributed by atoms with Crippen LogP contribution in [0.25, 0.3) is 165 Å². The van der Waals surface area contributed by atoms with E-state index in [0.717, 1.165) is 183 Å². The predicted octanol–water partition coefficient (Wildman–Crippen LogP) is 27.0. The number of hydrogen-bond acceptors (Lipinski definition) is 13. The molecule has 0 bridgehead atoms. The Kier molecular flexibility index (Phi) is 24.1. The molecule has 19 nitrogen and oxygen atoms in total. The fourth-order valence-corrected chi connectivity index (χ4v) is 18.9. The predicted molar refractivity (Wildman–Crippen MR) is 557 cm³/mol. The third-order valence-electron chi connectivity index (χ3n) is 26.5. The number of ether oxygens (including phenoxy) is 3. The fourth-order valence-electron chi connectivity index (χ4n) is 18.9. The second-order valence-electron chi connectivity index (χ2n) is 35.5. The summed E-state index contributed by atoms with van der Waals surface area (Å²) < 4.78 is 36.0. The number of amides is 1. The van der Waals surface area contributed by atoms with Crippen molar-refractivity contribution in [2.45, 2.75) is 52.3 Å². The molecule has 17 aromatic carbocycles. The highest BCUT2D eigenvalue weighted by molar-refractivity contribution is 6.03. The summed E-state index contributed by atoms with van der Waals surface area (Å²) in [6.07, 6.45) is 4.09. The average Bonchev–Trinajstić information content (AvgIpc) is 1.63. The van der Waals surface area contributed by atoms with Crippen LogP contribution in [0.3, 0.4) is 0 Å². The third-order valence-corrected chi connectivity index (χ3v) is 26.5. The Morgan fingerprint density at radius 3 is 1.36 bits per heavy atom. The molecule has 2 fully saturated rings. The monoisotopic (exact) mass is 1810 g/mol. The van der Waals surface area contributed by atoms with Crippen LogP contribution in [-0.4, -0.2) is 109 Å². The van der Waals surface area contributed by atoms with Crippen molar-refractivity contribution >= 4 is 132 Å². The SMILES string of the molecule is CCc1ccc2[nH]nc(-c3ccc4ccccc4c3)c2c1.COc1cccc(OCc2ccc3[nH]nc(-c4ccc5ccccc5c4)c3c2)c1.COc1ccccc1N1CCN(Cc2ccc3[nH]nc(-c4ccc5ccccc5c4)c3c2)CC1.O=C(Nc1ccc2[nH]nc(-c3cc4cc(F)ccc4o3)c2c1)C1CC1.c1ccc2c(c1)CCN2Cc1ccc2[nH]nc(-c3ccc4ccccc4c3)c2c1. The number of rotatable bonds is 18. The number of nitrogens with one attached hydrogen (secondary N) is 6. The molecular formula is C118H99FN14O5. The highest BCUT2D eigenvalue weighted by atomic mass is 19.1. The molecule has 1 saturated heterocycles. The van der Waals surface area contributed by atoms with Gasteiger partial charge < -0.3 is 33.7 Å². The summed E-state index contributed by atoms with van der Waals surface area (Å²) in [6.45, 7) is 9.65. The van der Waals surface area contributed by atoms with Crippen LogP contribution in [0.2, 0.25) is 0 Å². The maximum atomic E-state index is 13.4. The van der Waals surface area contributed by atoms with Crippen molar-refractivity contribution in [3.8, 4) is 73.7 Å². The Bertz CT molecular complexity index is 8430. The van der Waals surface area contributed by atoms with E-state index < -0.39 is 0 Å². The van der Waals surface area contributed by atoms with Gasteiger partial charge in [0.1, 0.15) is 40.9 Å². The summed E-state index contributed by atoms with van der Waals surface area (Å²) in [6, 6.07) is 122. The average molecular weight is 1810 g/mol. The van der Waals surface area contributed by atoms with Gasteiger partial charge in [-0.2, -0.15) is 25.5 Å². The quantitative estimate of drug-likeness (QED) is 0.0471. The molecule has 1 aliphatic carbocycles. The highest BCUT2D eigenvalue weighted by Gasteiger charge is 2.30. The molecule has 8 heterocycles. The van der Waals surface area contributed by atoms with E-state index in [-0.39, 0.29) is 17.6 Å². The number of aromatic amines is 5. The zero-order valence-electron chi connectivity index (χ0n) is 76.6. The van der Waals surface area contributed by atoms with E-state index in [4.69, 9.17) is 18.6 Å². The third kappa shape index (κ3) is 18.5. The molecule has 23 aromatic rings. The lowest BCUT2D eigenvalue weighted by molar-refractivity contribution is -0.117. The number of halogens is 1. The van der Waals surface area contributed by atoms with E-state index in [1.807, 2.05) is 54.6 Å².